The highest BCUT2D eigenvalue weighted by molar-refractivity contribution is 7.92. The number of aromatic nitrogens is 2. The summed E-state index contributed by atoms with van der Waals surface area (Å²) in [5, 5.41) is 7.40. The fraction of sp³-hybridized carbons (Fsp3) is 0.200. The number of nitrogens with zero attached hydrogens (tertiary/aromatic N) is 2. The van der Waals surface area contributed by atoms with Crippen LogP contribution >= 0.6 is 0 Å². The maximum atomic E-state index is 13.6. The van der Waals surface area contributed by atoms with Crippen LogP contribution in [0, 0.1) is 5.82 Å². The molecule has 1 fully saturated rings. The number of nitrogens with one attached hydrogen (secondary N) is 1. The van der Waals surface area contributed by atoms with Gasteiger partial charge in [-0.25, -0.2) is 4.39 Å². The first-order valence-corrected chi connectivity index (χ1v) is 8.72. The summed E-state index contributed by atoms with van der Waals surface area (Å²) in [6.45, 7) is 0. The molecule has 7 nitrogen and oxygen atoms in total. The first kappa shape index (κ1) is 14.9. The van der Waals surface area contributed by atoms with Crippen LogP contribution in [-0.2, 0) is 10.0 Å². The average Bonchev–Trinajstić information content (AvgIpc) is 3.09. The van der Waals surface area contributed by atoms with Crippen molar-refractivity contribution in [2.45, 2.75) is 23.9 Å². The predicted molar refractivity (Wildman–Crippen MR) is 81.2 cm³/mol. The molecule has 2 heterocycles. The van der Waals surface area contributed by atoms with E-state index < -0.39 is 15.8 Å². The number of halogens is 1. The molecule has 2 aromatic heterocycles. The standard InChI is InChI=1S/C15H12FN3O4S/c16-10-3-1-2-4-11(10)19-24(20,21)13-8-7-12(22-13)15-18-17-14(23-15)9-5-6-9/h1-4,7-9,19H,5-6H2. The van der Waals surface area contributed by atoms with Crippen molar-refractivity contribution in [3.8, 4) is 11.7 Å². The van der Waals surface area contributed by atoms with E-state index in [2.05, 4.69) is 14.9 Å². The van der Waals surface area contributed by atoms with Crippen LogP contribution in [0.1, 0.15) is 24.7 Å². The minimum atomic E-state index is -4.07. The monoisotopic (exact) mass is 349 g/mol. The molecule has 1 aromatic carbocycles. The molecule has 124 valence electrons. The zero-order chi connectivity index (χ0) is 16.7. The minimum Gasteiger partial charge on any atom is -0.438 e. The number of sulfonamides is 1. The van der Waals surface area contributed by atoms with Gasteiger partial charge in [-0.2, -0.15) is 8.42 Å². The van der Waals surface area contributed by atoms with Gasteiger partial charge in [0.1, 0.15) is 5.82 Å². The van der Waals surface area contributed by atoms with Crippen molar-refractivity contribution in [1.82, 2.24) is 10.2 Å². The second-order valence-corrected chi connectivity index (χ2v) is 7.04. The van der Waals surface area contributed by atoms with Gasteiger partial charge in [-0.1, -0.05) is 12.1 Å². The number of rotatable bonds is 5. The molecule has 3 aromatic rings. The van der Waals surface area contributed by atoms with Gasteiger partial charge < -0.3 is 8.83 Å². The molecule has 1 aliphatic carbocycles. The molecule has 4 rings (SSSR count). The van der Waals surface area contributed by atoms with Crippen LogP contribution in [0.5, 0.6) is 0 Å². The summed E-state index contributed by atoms with van der Waals surface area (Å²) >= 11 is 0. The van der Waals surface area contributed by atoms with Gasteiger partial charge in [0.25, 0.3) is 15.9 Å². The third kappa shape index (κ3) is 2.78. The molecule has 9 heteroatoms. The lowest BCUT2D eigenvalue weighted by atomic mass is 10.3. The molecule has 1 N–H and O–H groups in total. The number of para-hydroxylation sites is 1. The van der Waals surface area contributed by atoms with Crippen molar-refractivity contribution in [3.63, 3.8) is 0 Å². The largest absolute Gasteiger partial charge is 0.438 e. The van der Waals surface area contributed by atoms with E-state index in [4.69, 9.17) is 8.83 Å². The van der Waals surface area contributed by atoms with Crippen LogP contribution in [-0.4, -0.2) is 18.6 Å². The third-order valence-electron chi connectivity index (χ3n) is 3.54. The van der Waals surface area contributed by atoms with Gasteiger partial charge in [-0.3, -0.25) is 4.72 Å². The zero-order valence-corrected chi connectivity index (χ0v) is 13.1. The van der Waals surface area contributed by atoms with E-state index >= 15 is 0 Å². The number of hydrogen-bond acceptors (Lipinski definition) is 6. The highest BCUT2D eigenvalue weighted by Gasteiger charge is 2.30. The van der Waals surface area contributed by atoms with Crippen LogP contribution in [0.4, 0.5) is 10.1 Å². The number of hydrogen-bond donors (Lipinski definition) is 1. The van der Waals surface area contributed by atoms with Crippen molar-refractivity contribution in [2.75, 3.05) is 4.72 Å². The van der Waals surface area contributed by atoms with E-state index in [1.54, 1.807) is 0 Å². The number of furan rings is 1. The fourth-order valence-electron chi connectivity index (χ4n) is 2.15. The molecular weight excluding hydrogens is 337 g/mol. The molecule has 0 saturated heterocycles. The van der Waals surface area contributed by atoms with Gasteiger partial charge in [0.2, 0.25) is 11.0 Å². The van der Waals surface area contributed by atoms with Crippen molar-refractivity contribution in [3.05, 3.63) is 48.1 Å². The Balaban J connectivity index is 1.59. The van der Waals surface area contributed by atoms with E-state index in [0.717, 1.165) is 18.9 Å². The molecule has 0 unspecified atom stereocenters. The summed E-state index contributed by atoms with van der Waals surface area (Å²) in [6.07, 6.45) is 2.01. The van der Waals surface area contributed by atoms with Crippen molar-refractivity contribution in [2.24, 2.45) is 0 Å². The van der Waals surface area contributed by atoms with Crippen molar-refractivity contribution in [1.29, 1.82) is 0 Å². The maximum absolute atomic E-state index is 13.6. The summed E-state index contributed by atoms with van der Waals surface area (Å²) in [4.78, 5) is 0. The Labute approximate surface area is 136 Å². The molecule has 1 saturated carbocycles. The summed E-state index contributed by atoms with van der Waals surface area (Å²) < 4.78 is 51.1. The van der Waals surface area contributed by atoms with E-state index in [1.807, 2.05) is 0 Å². The fourth-order valence-corrected chi connectivity index (χ4v) is 3.15. The lowest BCUT2D eigenvalue weighted by Crippen LogP contribution is -2.13. The lowest BCUT2D eigenvalue weighted by molar-refractivity contribution is 0.435. The van der Waals surface area contributed by atoms with Crippen LogP contribution in [0.15, 0.2) is 50.3 Å². The quantitative estimate of drug-likeness (QED) is 0.760. The van der Waals surface area contributed by atoms with Gasteiger partial charge in [0.05, 0.1) is 5.69 Å². The van der Waals surface area contributed by atoms with E-state index in [1.165, 1.54) is 30.3 Å². The molecule has 0 aliphatic heterocycles. The SMILES string of the molecule is O=S(=O)(Nc1ccccc1F)c1ccc(-c2nnc(C3CC3)o2)o1. The van der Waals surface area contributed by atoms with Gasteiger partial charge >= 0.3 is 0 Å². The molecule has 0 radical (unpaired) electrons. The smallest absolute Gasteiger partial charge is 0.295 e. The van der Waals surface area contributed by atoms with Gasteiger partial charge in [-0.15, -0.1) is 10.2 Å². The molecule has 24 heavy (non-hydrogen) atoms. The molecule has 0 spiro atoms. The van der Waals surface area contributed by atoms with E-state index in [9.17, 15) is 12.8 Å². The Morgan fingerprint density at radius 1 is 1.08 bits per heavy atom. The summed E-state index contributed by atoms with van der Waals surface area (Å²) in [6, 6.07) is 8.12. The summed E-state index contributed by atoms with van der Waals surface area (Å²) in [7, 11) is -4.07. The molecule has 0 atom stereocenters. The highest BCUT2D eigenvalue weighted by atomic mass is 32.2. The second-order valence-electron chi connectivity index (χ2n) is 5.42. The Hall–Kier alpha value is -2.68. The average molecular weight is 349 g/mol. The number of benzene rings is 1. The molecular formula is C15H12FN3O4S. The molecule has 0 bridgehead atoms. The van der Waals surface area contributed by atoms with Crippen molar-refractivity contribution >= 4 is 15.7 Å². The van der Waals surface area contributed by atoms with E-state index in [-0.39, 0.29) is 28.3 Å². The summed E-state index contributed by atoms with van der Waals surface area (Å²) in [5.41, 5.74) is -0.163. The second kappa shape index (κ2) is 5.45. The first-order valence-electron chi connectivity index (χ1n) is 7.24. The molecule has 1 aliphatic rings. The molecule has 0 amide bonds. The minimum absolute atomic E-state index is 0.115. The third-order valence-corrected chi connectivity index (χ3v) is 4.78. The topological polar surface area (TPSA) is 98.2 Å². The maximum Gasteiger partial charge on any atom is 0.295 e. The van der Waals surface area contributed by atoms with Crippen LogP contribution in [0.25, 0.3) is 11.7 Å². The Kier molecular flexibility index (Phi) is 3.38. The number of anilines is 1. The van der Waals surface area contributed by atoms with Crippen LogP contribution in [0.2, 0.25) is 0 Å². The predicted octanol–water partition coefficient (Wildman–Crippen LogP) is 3.15. The van der Waals surface area contributed by atoms with Gasteiger partial charge in [0, 0.05) is 5.92 Å². The van der Waals surface area contributed by atoms with Gasteiger partial charge in [0.15, 0.2) is 5.76 Å². The normalized spacial score (nSPS) is 14.7. The van der Waals surface area contributed by atoms with Crippen LogP contribution in [0.3, 0.4) is 0 Å². The van der Waals surface area contributed by atoms with Gasteiger partial charge in [-0.05, 0) is 37.1 Å². The lowest BCUT2D eigenvalue weighted by Gasteiger charge is -2.06. The zero-order valence-electron chi connectivity index (χ0n) is 12.3. The Morgan fingerprint density at radius 3 is 2.62 bits per heavy atom. The summed E-state index contributed by atoms with van der Waals surface area (Å²) in [5.74, 6) is 0.383. The van der Waals surface area contributed by atoms with Crippen molar-refractivity contribution < 1.29 is 21.6 Å². The Bertz CT molecular complexity index is 992. The van der Waals surface area contributed by atoms with Crippen LogP contribution < -0.4 is 4.72 Å². The Morgan fingerprint density at radius 2 is 1.88 bits per heavy atom. The highest BCUT2D eigenvalue weighted by Crippen LogP contribution is 2.40. The first-order chi connectivity index (χ1) is 11.5. The van der Waals surface area contributed by atoms with E-state index in [0.29, 0.717) is 5.89 Å².